The molecule has 0 aromatic carbocycles. The van der Waals surface area contributed by atoms with Crippen LogP contribution in [0.5, 0.6) is 0 Å². The van der Waals surface area contributed by atoms with Crippen molar-refractivity contribution in [1.29, 1.82) is 0 Å². The molecule has 1 fully saturated rings. The summed E-state index contributed by atoms with van der Waals surface area (Å²) in [5.74, 6) is -0.759. The van der Waals surface area contributed by atoms with Crippen LogP contribution in [0.4, 0.5) is 9.18 Å². The first-order chi connectivity index (χ1) is 9.09. The van der Waals surface area contributed by atoms with Gasteiger partial charge in [-0.2, -0.15) is 0 Å². The minimum Gasteiger partial charge on any atom is -0.464 e. The van der Waals surface area contributed by atoms with Crippen LogP contribution in [0.15, 0.2) is 0 Å². The molecule has 1 rings (SSSR count). The summed E-state index contributed by atoms with van der Waals surface area (Å²) in [4.78, 5) is 23.8. The maximum absolute atomic E-state index is 13.6. The number of aliphatic hydroxyl groups excluding tert-OH is 1. The molecule has 7 heteroatoms. The van der Waals surface area contributed by atoms with Gasteiger partial charge in [0.1, 0.15) is 17.3 Å². The summed E-state index contributed by atoms with van der Waals surface area (Å²) in [7, 11) is 0. The largest absolute Gasteiger partial charge is 0.464 e. The summed E-state index contributed by atoms with van der Waals surface area (Å²) < 4.78 is 23.5. The molecule has 0 aromatic rings. The molecule has 116 valence electrons. The van der Waals surface area contributed by atoms with Crippen LogP contribution in [0.1, 0.15) is 40.5 Å². The second-order valence-corrected chi connectivity index (χ2v) is 5.92. The van der Waals surface area contributed by atoms with E-state index in [1.165, 1.54) is 0 Å². The van der Waals surface area contributed by atoms with Gasteiger partial charge in [0.2, 0.25) is 0 Å². The first-order valence-corrected chi connectivity index (χ1v) is 6.60. The van der Waals surface area contributed by atoms with Crippen LogP contribution >= 0.6 is 0 Å². The Morgan fingerprint density at radius 1 is 1.40 bits per heavy atom. The third-order valence-electron chi connectivity index (χ3n) is 2.92. The van der Waals surface area contributed by atoms with Crippen molar-refractivity contribution in [2.45, 2.75) is 64.0 Å². The molecule has 0 bridgehead atoms. The van der Waals surface area contributed by atoms with Crippen molar-refractivity contribution in [2.75, 3.05) is 6.61 Å². The molecule has 0 radical (unpaired) electrons. The maximum Gasteiger partial charge on any atom is 0.408 e. The van der Waals surface area contributed by atoms with E-state index in [9.17, 15) is 19.1 Å². The second-order valence-electron chi connectivity index (χ2n) is 5.92. The summed E-state index contributed by atoms with van der Waals surface area (Å²) in [5.41, 5.74) is -2.32. The zero-order valence-electron chi connectivity index (χ0n) is 12.2. The van der Waals surface area contributed by atoms with Gasteiger partial charge in [0.05, 0.1) is 12.7 Å². The van der Waals surface area contributed by atoms with Crippen molar-refractivity contribution in [2.24, 2.45) is 0 Å². The van der Waals surface area contributed by atoms with Gasteiger partial charge in [-0.1, -0.05) is 0 Å². The molecule has 3 atom stereocenters. The number of alkyl carbamates (subject to hydrolysis) is 1. The Bertz CT molecular complexity index is 369. The molecule has 1 amide bonds. The Morgan fingerprint density at radius 3 is 2.40 bits per heavy atom. The zero-order valence-corrected chi connectivity index (χ0v) is 12.2. The highest BCUT2D eigenvalue weighted by molar-refractivity contribution is 5.86. The number of nitrogens with one attached hydrogen (secondary N) is 1. The number of alkyl halides is 1. The summed E-state index contributed by atoms with van der Waals surface area (Å²) in [6.45, 7) is 6.72. The monoisotopic (exact) mass is 291 g/mol. The van der Waals surface area contributed by atoms with E-state index in [1.807, 2.05) is 0 Å². The lowest BCUT2D eigenvalue weighted by atomic mass is 9.98. The van der Waals surface area contributed by atoms with Crippen LogP contribution in [-0.4, -0.2) is 47.2 Å². The minimum atomic E-state index is -1.59. The van der Waals surface area contributed by atoms with E-state index in [2.05, 4.69) is 5.32 Å². The average molecular weight is 291 g/mol. The fourth-order valence-corrected chi connectivity index (χ4v) is 2.13. The Hall–Kier alpha value is -1.37. The fraction of sp³-hybridized carbons (Fsp3) is 0.846. The first-order valence-electron chi connectivity index (χ1n) is 6.60. The van der Waals surface area contributed by atoms with Crippen molar-refractivity contribution in [3.63, 3.8) is 0 Å². The van der Waals surface area contributed by atoms with E-state index in [1.54, 1.807) is 27.7 Å². The minimum absolute atomic E-state index is 0.101. The summed E-state index contributed by atoms with van der Waals surface area (Å²) >= 11 is 0. The number of aliphatic hydroxyl groups is 1. The zero-order chi connectivity index (χ0) is 15.6. The number of amides is 1. The van der Waals surface area contributed by atoms with Gasteiger partial charge in [-0.15, -0.1) is 0 Å². The van der Waals surface area contributed by atoms with E-state index in [-0.39, 0.29) is 19.4 Å². The van der Waals surface area contributed by atoms with Crippen LogP contribution in [0, 0.1) is 0 Å². The summed E-state index contributed by atoms with van der Waals surface area (Å²) in [6.07, 6.45) is -4.30. The van der Waals surface area contributed by atoms with Gasteiger partial charge in [0.15, 0.2) is 0 Å². The predicted molar refractivity (Wildman–Crippen MR) is 68.9 cm³/mol. The molecule has 1 aliphatic rings. The number of hydrogen-bond acceptors (Lipinski definition) is 5. The van der Waals surface area contributed by atoms with Crippen molar-refractivity contribution in [3.8, 4) is 0 Å². The van der Waals surface area contributed by atoms with E-state index in [0.29, 0.717) is 0 Å². The van der Waals surface area contributed by atoms with Gasteiger partial charge in [-0.25, -0.2) is 14.0 Å². The molecule has 0 aromatic heterocycles. The molecule has 0 unspecified atom stereocenters. The Kier molecular flexibility index (Phi) is 4.96. The van der Waals surface area contributed by atoms with Gasteiger partial charge >= 0.3 is 12.1 Å². The number of hydrogen-bond donors (Lipinski definition) is 2. The lowest BCUT2D eigenvalue weighted by Gasteiger charge is -2.29. The molecule has 6 nitrogen and oxygen atoms in total. The van der Waals surface area contributed by atoms with E-state index < -0.39 is 35.5 Å². The fourth-order valence-electron chi connectivity index (χ4n) is 2.13. The van der Waals surface area contributed by atoms with Crippen molar-refractivity contribution in [3.05, 3.63) is 0 Å². The molecule has 0 saturated heterocycles. The molecule has 1 aliphatic carbocycles. The van der Waals surface area contributed by atoms with Crippen LogP contribution < -0.4 is 5.32 Å². The highest BCUT2D eigenvalue weighted by Gasteiger charge is 2.53. The quantitative estimate of drug-likeness (QED) is 0.766. The van der Waals surface area contributed by atoms with Gasteiger partial charge in [0.25, 0.3) is 0 Å². The highest BCUT2D eigenvalue weighted by Crippen LogP contribution is 2.34. The third kappa shape index (κ3) is 4.06. The van der Waals surface area contributed by atoms with Gasteiger partial charge in [-0.05, 0) is 27.7 Å². The van der Waals surface area contributed by atoms with Crippen molar-refractivity contribution >= 4 is 12.1 Å². The standard InChI is InChI=1S/C13H22FNO5/c1-5-19-10(17)13(6-8(14)9(16)7-13)15-11(18)20-12(2,3)4/h8-9,16H,5-7H2,1-4H3,(H,15,18)/t8-,9+,13-/m1/s1. The smallest absolute Gasteiger partial charge is 0.408 e. The lowest BCUT2D eigenvalue weighted by molar-refractivity contribution is -0.151. The topological polar surface area (TPSA) is 84.9 Å². The van der Waals surface area contributed by atoms with Crippen LogP contribution in [-0.2, 0) is 14.3 Å². The van der Waals surface area contributed by atoms with Crippen molar-refractivity contribution in [1.82, 2.24) is 5.32 Å². The first kappa shape index (κ1) is 16.7. The number of ether oxygens (including phenoxy) is 2. The summed E-state index contributed by atoms with van der Waals surface area (Å²) in [6, 6.07) is 0. The SMILES string of the molecule is CCOC(=O)[C@@]1(NC(=O)OC(C)(C)C)C[C@@H](F)[C@@H](O)C1. The van der Waals surface area contributed by atoms with Gasteiger partial charge in [0, 0.05) is 12.8 Å². The van der Waals surface area contributed by atoms with Gasteiger partial charge < -0.3 is 19.9 Å². The third-order valence-corrected chi connectivity index (χ3v) is 2.92. The average Bonchev–Trinajstić information content (AvgIpc) is 2.52. The number of carbonyl (C=O) groups is 2. The Morgan fingerprint density at radius 2 is 2.00 bits per heavy atom. The molecular formula is C13H22FNO5. The molecule has 0 aliphatic heterocycles. The van der Waals surface area contributed by atoms with Crippen LogP contribution in [0.25, 0.3) is 0 Å². The number of rotatable bonds is 3. The normalized spacial score (nSPS) is 29.9. The molecule has 2 N–H and O–H groups in total. The van der Waals surface area contributed by atoms with Crippen LogP contribution in [0.2, 0.25) is 0 Å². The van der Waals surface area contributed by atoms with E-state index >= 15 is 0 Å². The molecule has 0 spiro atoms. The number of esters is 1. The number of halogens is 1. The van der Waals surface area contributed by atoms with Crippen LogP contribution in [0.3, 0.4) is 0 Å². The van der Waals surface area contributed by atoms with E-state index in [4.69, 9.17) is 9.47 Å². The Balaban J connectivity index is 2.85. The molecule has 20 heavy (non-hydrogen) atoms. The second kappa shape index (κ2) is 5.95. The maximum atomic E-state index is 13.6. The molecule has 1 saturated carbocycles. The highest BCUT2D eigenvalue weighted by atomic mass is 19.1. The molecule has 0 heterocycles. The predicted octanol–water partition coefficient (Wildman–Crippen LogP) is 1.31. The van der Waals surface area contributed by atoms with Gasteiger partial charge in [-0.3, -0.25) is 0 Å². The Labute approximate surface area is 117 Å². The summed E-state index contributed by atoms with van der Waals surface area (Å²) in [5, 5.41) is 11.9. The van der Waals surface area contributed by atoms with E-state index in [0.717, 1.165) is 0 Å². The lowest BCUT2D eigenvalue weighted by Crippen LogP contribution is -2.55. The number of carbonyl (C=O) groups excluding carboxylic acids is 2. The molecular weight excluding hydrogens is 269 g/mol. The van der Waals surface area contributed by atoms with Crippen molar-refractivity contribution < 1.29 is 28.6 Å².